The Morgan fingerprint density at radius 1 is 1.03 bits per heavy atom. The first kappa shape index (κ1) is 32.3. The maximum atomic E-state index is 13.6. The van der Waals surface area contributed by atoms with Crippen LogP contribution in [0.2, 0.25) is 0 Å². The van der Waals surface area contributed by atoms with Gasteiger partial charge in [-0.25, -0.2) is 14.5 Å². The Labute approximate surface area is 219 Å². The van der Waals surface area contributed by atoms with Crippen LogP contribution < -0.4 is 11.1 Å². The van der Waals surface area contributed by atoms with Crippen LogP contribution in [-0.4, -0.2) is 129 Å². The van der Waals surface area contributed by atoms with Gasteiger partial charge in [-0.2, -0.15) is 0 Å². The molecule has 0 aliphatic carbocycles. The van der Waals surface area contributed by atoms with Crippen LogP contribution in [0.5, 0.6) is 0 Å². The molecule has 1 aliphatic rings. The van der Waals surface area contributed by atoms with Crippen LogP contribution in [0.4, 0.5) is 9.59 Å². The smallest absolute Gasteiger partial charge is 0.331 e. The predicted molar refractivity (Wildman–Crippen MR) is 136 cm³/mol. The number of primary amides is 1. The lowest BCUT2D eigenvalue weighted by atomic mass is 10.0. The van der Waals surface area contributed by atoms with E-state index in [1.165, 1.54) is 16.8 Å². The largest absolute Gasteiger partial charge is 0.379 e. The van der Waals surface area contributed by atoms with Crippen molar-refractivity contribution in [2.24, 2.45) is 11.7 Å². The van der Waals surface area contributed by atoms with Crippen molar-refractivity contribution in [2.45, 2.75) is 52.1 Å². The Balaban J connectivity index is 3.00. The lowest BCUT2D eigenvalue weighted by molar-refractivity contribution is -0.150. The summed E-state index contributed by atoms with van der Waals surface area (Å²) in [6.07, 6.45) is 1.13. The third-order valence-electron chi connectivity index (χ3n) is 6.22. The minimum atomic E-state index is -1.03. The van der Waals surface area contributed by atoms with Crippen LogP contribution in [0, 0.1) is 5.92 Å². The second kappa shape index (κ2) is 16.2. The molecule has 0 spiro atoms. The van der Waals surface area contributed by atoms with Crippen molar-refractivity contribution in [3.8, 4) is 0 Å². The number of nitrogens with zero attached hydrogens (tertiary/aromatic N) is 4. The van der Waals surface area contributed by atoms with Crippen LogP contribution in [0.3, 0.4) is 0 Å². The molecule has 1 aliphatic heterocycles. The molecule has 1 saturated heterocycles. The highest BCUT2D eigenvalue weighted by molar-refractivity contribution is 6.03. The van der Waals surface area contributed by atoms with Gasteiger partial charge in [0.25, 0.3) is 5.91 Å². The van der Waals surface area contributed by atoms with Crippen molar-refractivity contribution in [3.63, 3.8) is 0 Å². The third-order valence-corrected chi connectivity index (χ3v) is 6.22. The van der Waals surface area contributed by atoms with E-state index in [0.717, 1.165) is 20.1 Å². The van der Waals surface area contributed by atoms with Gasteiger partial charge >= 0.3 is 12.1 Å². The number of carbonyl (C=O) groups excluding carboxylic acids is 5. The van der Waals surface area contributed by atoms with E-state index in [4.69, 9.17) is 15.2 Å². The molecule has 2 atom stereocenters. The SMILES string of the molecule is CCCC(=O)N(C)[C@H](COCCN1CCOCC1)C(=O)N(C)[C@@H](CC(C)C)C(=O)NC(=O)N(C)C(N)=O. The lowest BCUT2D eigenvalue weighted by Gasteiger charge is -2.35. The van der Waals surface area contributed by atoms with E-state index in [9.17, 15) is 24.0 Å². The van der Waals surface area contributed by atoms with E-state index < -0.39 is 36.0 Å². The normalized spacial score (nSPS) is 15.5. The van der Waals surface area contributed by atoms with Gasteiger partial charge < -0.3 is 25.0 Å². The number of morpholine rings is 1. The van der Waals surface area contributed by atoms with Crippen LogP contribution in [-0.2, 0) is 23.9 Å². The zero-order chi connectivity index (χ0) is 28.1. The summed E-state index contributed by atoms with van der Waals surface area (Å²) in [7, 11) is 4.13. The van der Waals surface area contributed by atoms with Gasteiger partial charge in [0.1, 0.15) is 12.1 Å². The van der Waals surface area contributed by atoms with E-state index in [-0.39, 0.29) is 31.3 Å². The molecule has 0 saturated carbocycles. The molecule has 1 rings (SSSR count). The molecular formula is C24H44N6O7. The highest BCUT2D eigenvalue weighted by atomic mass is 16.5. The molecule has 0 unspecified atom stereocenters. The Morgan fingerprint density at radius 3 is 2.19 bits per heavy atom. The molecule has 13 nitrogen and oxygen atoms in total. The van der Waals surface area contributed by atoms with E-state index in [1.807, 2.05) is 20.8 Å². The van der Waals surface area contributed by atoms with Gasteiger partial charge in [0, 0.05) is 47.2 Å². The number of nitrogens with one attached hydrogen (secondary N) is 1. The van der Waals surface area contributed by atoms with Gasteiger partial charge in [0.2, 0.25) is 11.8 Å². The molecule has 1 fully saturated rings. The van der Waals surface area contributed by atoms with E-state index in [0.29, 0.717) is 37.7 Å². The second-order valence-corrected chi connectivity index (χ2v) is 9.59. The van der Waals surface area contributed by atoms with E-state index >= 15 is 0 Å². The quantitative estimate of drug-likeness (QED) is 0.319. The van der Waals surface area contributed by atoms with E-state index in [2.05, 4.69) is 10.2 Å². The molecule has 212 valence electrons. The summed E-state index contributed by atoms with van der Waals surface area (Å²) in [6.45, 7) is 9.55. The van der Waals surface area contributed by atoms with Gasteiger partial charge in [-0.15, -0.1) is 0 Å². The molecular weight excluding hydrogens is 484 g/mol. The first-order chi connectivity index (χ1) is 17.4. The van der Waals surface area contributed by atoms with Crippen LogP contribution in [0.25, 0.3) is 0 Å². The summed E-state index contributed by atoms with van der Waals surface area (Å²) in [5, 5.41) is 2.13. The Bertz CT molecular complexity index is 788. The van der Waals surface area contributed by atoms with Gasteiger partial charge in [0.15, 0.2) is 0 Å². The highest BCUT2D eigenvalue weighted by Crippen LogP contribution is 2.15. The van der Waals surface area contributed by atoms with Gasteiger partial charge in [-0.3, -0.25) is 24.6 Å². The standard InChI is InChI=1S/C24H44N6O7/c1-7-8-20(31)27(4)19(16-37-14-11-30-9-12-36-13-10-30)22(33)28(5)18(15-17(2)3)21(32)26-24(35)29(6)23(25)34/h17-19H,7-16H2,1-6H3,(H2,25,34)(H,26,32,35)/t18-,19+/m0/s1. The van der Waals surface area contributed by atoms with Gasteiger partial charge in [-0.05, 0) is 18.8 Å². The van der Waals surface area contributed by atoms with Crippen molar-refractivity contribution in [1.82, 2.24) is 24.9 Å². The second-order valence-electron chi connectivity index (χ2n) is 9.59. The highest BCUT2D eigenvalue weighted by Gasteiger charge is 2.36. The van der Waals surface area contributed by atoms with Crippen LogP contribution in [0.15, 0.2) is 0 Å². The van der Waals surface area contributed by atoms with Crippen molar-refractivity contribution in [2.75, 3.05) is 67.2 Å². The molecule has 0 aromatic heterocycles. The number of ether oxygens (including phenoxy) is 2. The van der Waals surface area contributed by atoms with Crippen molar-refractivity contribution in [3.05, 3.63) is 0 Å². The van der Waals surface area contributed by atoms with Gasteiger partial charge in [0.05, 0.1) is 26.4 Å². The number of amides is 7. The molecule has 1 heterocycles. The first-order valence-electron chi connectivity index (χ1n) is 12.7. The average molecular weight is 529 g/mol. The Kier molecular flexibility index (Phi) is 14.1. The van der Waals surface area contributed by atoms with Crippen molar-refractivity contribution >= 4 is 29.8 Å². The number of urea groups is 2. The minimum absolute atomic E-state index is 0.00218. The molecule has 3 N–H and O–H groups in total. The summed E-state index contributed by atoms with van der Waals surface area (Å²) in [6, 6.07) is -4.01. The monoisotopic (exact) mass is 528 g/mol. The summed E-state index contributed by atoms with van der Waals surface area (Å²) in [5.41, 5.74) is 5.10. The number of hydrogen-bond acceptors (Lipinski definition) is 8. The summed E-state index contributed by atoms with van der Waals surface area (Å²) >= 11 is 0. The summed E-state index contributed by atoms with van der Waals surface area (Å²) in [4.78, 5) is 68.1. The maximum absolute atomic E-state index is 13.6. The van der Waals surface area contributed by atoms with Crippen molar-refractivity contribution < 1.29 is 33.4 Å². The molecule has 13 heteroatoms. The molecule has 0 radical (unpaired) electrons. The topological polar surface area (TPSA) is 155 Å². The molecule has 37 heavy (non-hydrogen) atoms. The van der Waals surface area contributed by atoms with E-state index in [1.54, 1.807) is 7.05 Å². The Morgan fingerprint density at radius 2 is 1.65 bits per heavy atom. The fourth-order valence-electron chi connectivity index (χ4n) is 3.78. The maximum Gasteiger partial charge on any atom is 0.331 e. The summed E-state index contributed by atoms with van der Waals surface area (Å²) in [5.74, 6) is -1.46. The number of carbonyl (C=O) groups is 5. The molecule has 0 bridgehead atoms. The fraction of sp³-hybridized carbons (Fsp3) is 0.792. The van der Waals surface area contributed by atoms with Crippen LogP contribution in [0.1, 0.15) is 40.0 Å². The van der Waals surface area contributed by atoms with Crippen LogP contribution >= 0.6 is 0 Å². The minimum Gasteiger partial charge on any atom is -0.379 e. The predicted octanol–water partition coefficient (Wildman–Crippen LogP) is 0.0821. The zero-order valence-corrected chi connectivity index (χ0v) is 23.0. The van der Waals surface area contributed by atoms with Crippen molar-refractivity contribution in [1.29, 1.82) is 0 Å². The fourth-order valence-corrected chi connectivity index (χ4v) is 3.78. The molecule has 0 aromatic rings. The number of imide groups is 2. The Hall–Kier alpha value is -2.77. The number of nitrogens with two attached hydrogens (primary N) is 1. The number of likely N-dealkylation sites (N-methyl/N-ethyl adjacent to an activating group) is 2. The molecule has 0 aromatic carbocycles. The lowest BCUT2D eigenvalue weighted by Crippen LogP contribution is -2.58. The zero-order valence-electron chi connectivity index (χ0n) is 23.0. The molecule has 7 amide bonds. The number of hydrogen-bond donors (Lipinski definition) is 2. The summed E-state index contributed by atoms with van der Waals surface area (Å²) < 4.78 is 11.2. The third kappa shape index (κ3) is 10.6. The number of rotatable bonds is 13. The average Bonchev–Trinajstić information content (AvgIpc) is 2.86. The first-order valence-corrected chi connectivity index (χ1v) is 12.7. The van der Waals surface area contributed by atoms with Gasteiger partial charge in [-0.1, -0.05) is 20.8 Å².